The van der Waals surface area contributed by atoms with E-state index in [-0.39, 0.29) is 17.6 Å². The molecule has 4 atom stereocenters. The number of benzene rings is 2. The van der Waals surface area contributed by atoms with Crippen LogP contribution in [0.4, 0.5) is 0 Å². The Morgan fingerprint density at radius 3 is 2.63 bits per heavy atom. The van der Waals surface area contributed by atoms with Crippen LogP contribution in [0.25, 0.3) is 0 Å². The number of methoxy groups -OCH3 is 1. The number of carbonyl (C=O) groups is 2. The first-order chi connectivity index (χ1) is 18.5. The molecule has 1 fully saturated rings. The molecule has 0 radical (unpaired) electrons. The molecule has 3 aromatic rings. The lowest BCUT2D eigenvalue weighted by Crippen LogP contribution is -2.55. The van der Waals surface area contributed by atoms with Crippen molar-refractivity contribution in [2.75, 3.05) is 13.7 Å². The highest BCUT2D eigenvalue weighted by Crippen LogP contribution is 2.48. The number of amides is 2. The summed E-state index contributed by atoms with van der Waals surface area (Å²) in [6.45, 7) is 0.383. The standard InChI is InChI=1S/C30H33N3O5/c1-38-26-18-20(34)13-14-23(26)28-27(29(36)32-17-15-19-8-6-7-16-31-19)21-9-2-3-10-22(21)30(37)33(28)24-11-4-5-12-25(24)35/h2-3,6-10,13-14,16,18,24-25,27-28,34-35H,4-5,11-12,15,17H2,1H3,(H,32,36). The number of aliphatic hydroxyl groups excluding tert-OH is 1. The number of hydrogen-bond acceptors (Lipinski definition) is 6. The van der Waals surface area contributed by atoms with Crippen LogP contribution in [0.1, 0.15) is 64.8 Å². The molecule has 8 nitrogen and oxygen atoms in total. The Kier molecular flexibility index (Phi) is 7.60. The summed E-state index contributed by atoms with van der Waals surface area (Å²) in [6, 6.07) is 16.4. The first-order valence-electron chi connectivity index (χ1n) is 13.1. The SMILES string of the molecule is COc1cc(O)ccc1C1C(C(=O)NCCc2ccccn2)c2ccccc2C(=O)N1C1CCCCC1O. The van der Waals surface area contributed by atoms with Crippen molar-refractivity contribution in [3.05, 3.63) is 89.2 Å². The number of aliphatic hydroxyl groups is 1. The third kappa shape index (κ3) is 4.96. The van der Waals surface area contributed by atoms with Gasteiger partial charge < -0.3 is 25.2 Å². The maximum Gasteiger partial charge on any atom is 0.255 e. The van der Waals surface area contributed by atoms with Crippen LogP contribution in [0, 0.1) is 0 Å². The normalized spacial score (nSPS) is 23.0. The third-order valence-electron chi connectivity index (χ3n) is 7.65. The van der Waals surface area contributed by atoms with E-state index < -0.39 is 24.1 Å². The summed E-state index contributed by atoms with van der Waals surface area (Å²) in [4.78, 5) is 34.1. The Hall–Kier alpha value is -3.91. The maximum atomic E-state index is 14.1. The van der Waals surface area contributed by atoms with E-state index >= 15 is 0 Å². The van der Waals surface area contributed by atoms with E-state index in [1.807, 2.05) is 30.3 Å². The largest absolute Gasteiger partial charge is 0.508 e. The quantitative estimate of drug-likeness (QED) is 0.442. The van der Waals surface area contributed by atoms with Crippen molar-refractivity contribution in [3.63, 3.8) is 0 Å². The first-order valence-corrected chi connectivity index (χ1v) is 13.1. The van der Waals surface area contributed by atoms with Gasteiger partial charge in [0.25, 0.3) is 5.91 Å². The summed E-state index contributed by atoms with van der Waals surface area (Å²) in [7, 11) is 1.50. The van der Waals surface area contributed by atoms with Gasteiger partial charge >= 0.3 is 0 Å². The van der Waals surface area contributed by atoms with Crippen LogP contribution in [-0.4, -0.2) is 57.7 Å². The van der Waals surface area contributed by atoms with Crippen molar-refractivity contribution in [3.8, 4) is 11.5 Å². The Morgan fingerprint density at radius 1 is 1.08 bits per heavy atom. The number of ether oxygens (including phenoxy) is 1. The number of hydrogen-bond donors (Lipinski definition) is 3. The van der Waals surface area contributed by atoms with E-state index in [9.17, 15) is 19.8 Å². The molecule has 0 spiro atoms. The van der Waals surface area contributed by atoms with Gasteiger partial charge in [0.15, 0.2) is 0 Å². The summed E-state index contributed by atoms with van der Waals surface area (Å²) < 4.78 is 5.63. The molecule has 5 rings (SSSR count). The van der Waals surface area contributed by atoms with Crippen molar-refractivity contribution >= 4 is 11.8 Å². The second-order valence-electron chi connectivity index (χ2n) is 9.93. The van der Waals surface area contributed by atoms with Crippen LogP contribution in [0.3, 0.4) is 0 Å². The molecule has 2 heterocycles. The highest BCUT2D eigenvalue weighted by atomic mass is 16.5. The molecule has 4 unspecified atom stereocenters. The zero-order valence-corrected chi connectivity index (χ0v) is 21.4. The van der Waals surface area contributed by atoms with Crippen LogP contribution in [-0.2, 0) is 11.2 Å². The van der Waals surface area contributed by atoms with Gasteiger partial charge in [-0.15, -0.1) is 0 Å². The fourth-order valence-corrected chi connectivity index (χ4v) is 5.86. The average Bonchev–Trinajstić information content (AvgIpc) is 2.94. The molecule has 1 aromatic heterocycles. The lowest BCUT2D eigenvalue weighted by atomic mass is 9.76. The number of rotatable bonds is 7. The molecule has 2 aliphatic rings. The molecule has 38 heavy (non-hydrogen) atoms. The molecule has 8 heteroatoms. The van der Waals surface area contributed by atoms with Crippen LogP contribution < -0.4 is 10.1 Å². The summed E-state index contributed by atoms with van der Waals surface area (Å²) >= 11 is 0. The summed E-state index contributed by atoms with van der Waals surface area (Å²) in [6.07, 6.45) is 4.60. The smallest absolute Gasteiger partial charge is 0.255 e. The van der Waals surface area contributed by atoms with Gasteiger partial charge in [-0.25, -0.2) is 0 Å². The minimum absolute atomic E-state index is 0.0220. The Balaban J connectivity index is 1.59. The van der Waals surface area contributed by atoms with Gasteiger partial charge in [-0.1, -0.05) is 37.1 Å². The predicted molar refractivity (Wildman–Crippen MR) is 142 cm³/mol. The minimum atomic E-state index is -0.750. The van der Waals surface area contributed by atoms with E-state index in [0.717, 1.165) is 18.5 Å². The van der Waals surface area contributed by atoms with Crippen LogP contribution in [0.5, 0.6) is 11.5 Å². The number of pyridine rings is 1. The minimum Gasteiger partial charge on any atom is -0.508 e. The van der Waals surface area contributed by atoms with Gasteiger partial charge in [-0.05, 0) is 48.7 Å². The number of nitrogens with zero attached hydrogens (tertiary/aromatic N) is 2. The van der Waals surface area contributed by atoms with Gasteiger partial charge in [0.1, 0.15) is 11.5 Å². The lowest BCUT2D eigenvalue weighted by molar-refractivity contribution is -0.125. The van der Waals surface area contributed by atoms with Gasteiger partial charge in [-0.3, -0.25) is 14.6 Å². The zero-order chi connectivity index (χ0) is 26.6. The van der Waals surface area contributed by atoms with Gasteiger partial charge in [0, 0.05) is 42.0 Å². The molecule has 2 aromatic carbocycles. The summed E-state index contributed by atoms with van der Waals surface area (Å²) in [5.41, 5.74) is 2.57. The fraction of sp³-hybridized carbons (Fsp3) is 0.367. The Bertz CT molecular complexity index is 1300. The van der Waals surface area contributed by atoms with Gasteiger partial charge in [0.2, 0.25) is 5.91 Å². The van der Waals surface area contributed by atoms with Crippen molar-refractivity contribution < 1.29 is 24.5 Å². The molecule has 2 amide bonds. The number of nitrogens with one attached hydrogen (secondary N) is 1. The van der Waals surface area contributed by atoms with Crippen LogP contribution >= 0.6 is 0 Å². The summed E-state index contributed by atoms with van der Waals surface area (Å²) in [5.74, 6) is -0.793. The highest BCUT2D eigenvalue weighted by Gasteiger charge is 2.49. The maximum absolute atomic E-state index is 14.1. The molecule has 0 bridgehead atoms. The second kappa shape index (κ2) is 11.2. The molecule has 198 valence electrons. The molecule has 1 aliphatic carbocycles. The number of fused-ring (bicyclic) bond motifs is 1. The molecule has 0 saturated heterocycles. The van der Waals surface area contributed by atoms with Gasteiger partial charge in [0.05, 0.1) is 31.2 Å². The fourth-order valence-electron chi connectivity index (χ4n) is 5.86. The number of phenolic OH excluding ortho intramolecular Hbond substituents is 1. The molecule has 3 N–H and O–H groups in total. The average molecular weight is 516 g/mol. The van der Waals surface area contributed by atoms with Gasteiger partial charge in [-0.2, -0.15) is 0 Å². The second-order valence-corrected chi connectivity index (χ2v) is 9.93. The van der Waals surface area contributed by atoms with Crippen LogP contribution in [0.2, 0.25) is 0 Å². The van der Waals surface area contributed by atoms with Crippen molar-refractivity contribution in [1.82, 2.24) is 15.2 Å². The Morgan fingerprint density at radius 2 is 1.87 bits per heavy atom. The third-order valence-corrected chi connectivity index (χ3v) is 7.65. The van der Waals surface area contributed by atoms with Crippen molar-refractivity contribution in [1.29, 1.82) is 0 Å². The molecule has 1 aliphatic heterocycles. The first kappa shape index (κ1) is 25.7. The van der Waals surface area contributed by atoms with Crippen LogP contribution in [0.15, 0.2) is 66.9 Å². The number of phenols is 1. The van der Waals surface area contributed by atoms with E-state index in [1.54, 1.807) is 29.3 Å². The number of aromatic nitrogens is 1. The van der Waals surface area contributed by atoms with E-state index in [2.05, 4.69) is 10.3 Å². The van der Waals surface area contributed by atoms with Crippen molar-refractivity contribution in [2.24, 2.45) is 0 Å². The number of aromatic hydroxyl groups is 1. The van der Waals surface area contributed by atoms with E-state index in [0.29, 0.717) is 48.2 Å². The molecule has 1 saturated carbocycles. The topological polar surface area (TPSA) is 112 Å². The van der Waals surface area contributed by atoms with E-state index in [1.165, 1.54) is 19.2 Å². The van der Waals surface area contributed by atoms with E-state index in [4.69, 9.17) is 4.74 Å². The monoisotopic (exact) mass is 515 g/mol. The molecular weight excluding hydrogens is 482 g/mol. The lowest BCUT2D eigenvalue weighted by Gasteiger charge is -2.48. The summed E-state index contributed by atoms with van der Waals surface area (Å²) in [5, 5.41) is 24.3. The number of carbonyl (C=O) groups excluding carboxylic acids is 2. The van der Waals surface area contributed by atoms with Crippen molar-refractivity contribution in [2.45, 2.75) is 56.2 Å². The predicted octanol–water partition coefficient (Wildman–Crippen LogP) is 3.74. The Labute approximate surface area is 222 Å². The zero-order valence-electron chi connectivity index (χ0n) is 21.4. The highest BCUT2D eigenvalue weighted by molar-refractivity contribution is 6.01. The molecular formula is C30H33N3O5.